The van der Waals surface area contributed by atoms with Gasteiger partial charge in [0, 0.05) is 32.1 Å². The van der Waals surface area contributed by atoms with E-state index in [0.717, 1.165) is 38.6 Å². The van der Waals surface area contributed by atoms with Crippen molar-refractivity contribution in [3.8, 4) is 0 Å². The molecule has 0 saturated carbocycles. The molecule has 5 heteroatoms. The summed E-state index contributed by atoms with van der Waals surface area (Å²) < 4.78 is 0. The SMILES string of the molecule is CC(C)CCCCN1CCN(C(=O)C(C)C(C)C(=O)O)CC1. The van der Waals surface area contributed by atoms with Gasteiger partial charge in [0.2, 0.25) is 5.91 Å². The van der Waals surface area contributed by atoms with E-state index in [1.165, 1.54) is 19.3 Å². The van der Waals surface area contributed by atoms with E-state index in [9.17, 15) is 9.59 Å². The van der Waals surface area contributed by atoms with Crippen LogP contribution in [0.4, 0.5) is 0 Å². The van der Waals surface area contributed by atoms with E-state index in [1.807, 2.05) is 4.90 Å². The molecule has 0 bridgehead atoms. The van der Waals surface area contributed by atoms with Crippen molar-refractivity contribution in [2.45, 2.75) is 47.0 Å². The summed E-state index contributed by atoms with van der Waals surface area (Å²) in [6, 6.07) is 0. The topological polar surface area (TPSA) is 60.9 Å². The van der Waals surface area contributed by atoms with Crippen LogP contribution in [0.5, 0.6) is 0 Å². The summed E-state index contributed by atoms with van der Waals surface area (Å²) in [7, 11) is 0. The fourth-order valence-corrected chi connectivity index (χ4v) is 2.80. The van der Waals surface area contributed by atoms with Crippen LogP contribution in [0.3, 0.4) is 0 Å². The van der Waals surface area contributed by atoms with Crippen molar-refractivity contribution in [3.63, 3.8) is 0 Å². The fourth-order valence-electron chi connectivity index (χ4n) is 2.80. The Morgan fingerprint density at radius 1 is 0.955 bits per heavy atom. The highest BCUT2D eigenvalue weighted by Crippen LogP contribution is 2.16. The lowest BCUT2D eigenvalue weighted by atomic mass is 9.94. The smallest absolute Gasteiger partial charge is 0.307 e. The molecular formula is C17H32N2O3. The van der Waals surface area contributed by atoms with Crippen LogP contribution in [-0.2, 0) is 9.59 Å². The maximum absolute atomic E-state index is 12.3. The van der Waals surface area contributed by atoms with E-state index in [0.29, 0.717) is 0 Å². The molecule has 0 aromatic heterocycles. The number of hydrogen-bond acceptors (Lipinski definition) is 3. The van der Waals surface area contributed by atoms with E-state index in [1.54, 1.807) is 13.8 Å². The van der Waals surface area contributed by atoms with Gasteiger partial charge < -0.3 is 10.0 Å². The van der Waals surface area contributed by atoms with E-state index in [2.05, 4.69) is 18.7 Å². The first-order valence-electron chi connectivity index (χ1n) is 8.56. The first-order valence-corrected chi connectivity index (χ1v) is 8.56. The second kappa shape index (κ2) is 9.13. The van der Waals surface area contributed by atoms with E-state index < -0.39 is 17.8 Å². The van der Waals surface area contributed by atoms with Crippen LogP contribution in [0.15, 0.2) is 0 Å². The minimum Gasteiger partial charge on any atom is -0.481 e. The molecule has 2 unspecified atom stereocenters. The number of unbranched alkanes of at least 4 members (excludes halogenated alkanes) is 1. The number of carboxylic acid groups (broad SMARTS) is 1. The lowest BCUT2D eigenvalue weighted by Gasteiger charge is -2.36. The molecule has 1 saturated heterocycles. The first kappa shape index (κ1) is 18.9. The Labute approximate surface area is 134 Å². The van der Waals surface area contributed by atoms with E-state index in [4.69, 9.17) is 5.11 Å². The van der Waals surface area contributed by atoms with Crippen LogP contribution < -0.4 is 0 Å². The number of amides is 1. The Morgan fingerprint density at radius 3 is 2.05 bits per heavy atom. The highest BCUT2D eigenvalue weighted by Gasteiger charge is 2.30. The maximum Gasteiger partial charge on any atom is 0.307 e. The number of piperazine rings is 1. The van der Waals surface area contributed by atoms with E-state index in [-0.39, 0.29) is 5.91 Å². The molecule has 1 aliphatic heterocycles. The molecule has 0 spiro atoms. The minimum absolute atomic E-state index is 0.0191. The number of carbonyl (C=O) groups is 2. The van der Waals surface area contributed by atoms with Gasteiger partial charge in [0.1, 0.15) is 0 Å². The monoisotopic (exact) mass is 312 g/mol. The largest absolute Gasteiger partial charge is 0.481 e. The van der Waals surface area contributed by atoms with Crippen molar-refractivity contribution in [3.05, 3.63) is 0 Å². The second-order valence-corrected chi connectivity index (χ2v) is 6.97. The average molecular weight is 312 g/mol. The van der Waals surface area contributed by atoms with Gasteiger partial charge in [0.05, 0.1) is 5.92 Å². The van der Waals surface area contributed by atoms with Crippen molar-refractivity contribution < 1.29 is 14.7 Å². The Bertz CT molecular complexity index is 363. The number of carboxylic acids is 1. The lowest BCUT2D eigenvalue weighted by Crippen LogP contribution is -2.51. The van der Waals surface area contributed by atoms with Crippen molar-refractivity contribution >= 4 is 11.9 Å². The fraction of sp³-hybridized carbons (Fsp3) is 0.882. The molecule has 128 valence electrons. The first-order chi connectivity index (χ1) is 10.3. The van der Waals surface area contributed by atoms with Gasteiger partial charge in [0.15, 0.2) is 0 Å². The summed E-state index contributed by atoms with van der Waals surface area (Å²) in [5.41, 5.74) is 0. The van der Waals surface area contributed by atoms with Gasteiger partial charge in [-0.3, -0.25) is 14.5 Å². The molecule has 2 atom stereocenters. The highest BCUT2D eigenvalue weighted by atomic mass is 16.4. The van der Waals surface area contributed by atoms with Crippen molar-refractivity contribution in [1.29, 1.82) is 0 Å². The summed E-state index contributed by atoms with van der Waals surface area (Å²) in [5.74, 6) is -1.22. The number of hydrogen-bond donors (Lipinski definition) is 1. The van der Waals surface area contributed by atoms with E-state index >= 15 is 0 Å². The Balaban J connectivity index is 2.29. The maximum atomic E-state index is 12.3. The number of aliphatic carboxylic acids is 1. The molecule has 1 heterocycles. The number of nitrogens with zero attached hydrogens (tertiary/aromatic N) is 2. The van der Waals surface area contributed by atoms with Gasteiger partial charge in [-0.25, -0.2) is 0 Å². The zero-order valence-corrected chi connectivity index (χ0v) is 14.5. The Hall–Kier alpha value is -1.10. The normalized spacial score (nSPS) is 19.2. The predicted octanol–water partition coefficient (Wildman–Crippen LogP) is 2.31. The summed E-state index contributed by atoms with van der Waals surface area (Å²) in [6.07, 6.45) is 3.77. The summed E-state index contributed by atoms with van der Waals surface area (Å²) in [4.78, 5) is 27.6. The molecule has 0 aromatic carbocycles. The molecule has 1 N–H and O–H groups in total. The van der Waals surface area contributed by atoms with Crippen LogP contribution in [0.25, 0.3) is 0 Å². The van der Waals surface area contributed by atoms with Gasteiger partial charge >= 0.3 is 5.97 Å². The molecule has 5 nitrogen and oxygen atoms in total. The highest BCUT2D eigenvalue weighted by molar-refractivity contribution is 5.84. The molecule has 0 radical (unpaired) electrons. The van der Waals surface area contributed by atoms with Crippen LogP contribution in [0.2, 0.25) is 0 Å². The quantitative estimate of drug-likeness (QED) is 0.699. The molecular weight excluding hydrogens is 280 g/mol. The van der Waals surface area contributed by atoms with Crippen LogP contribution in [0.1, 0.15) is 47.0 Å². The standard InChI is InChI=1S/C17H32N2O3/c1-13(2)7-5-6-8-18-9-11-19(12-10-18)16(20)14(3)15(4)17(21)22/h13-15H,5-12H2,1-4H3,(H,21,22). The molecule has 0 aromatic rings. The zero-order chi connectivity index (χ0) is 16.7. The third kappa shape index (κ3) is 5.95. The van der Waals surface area contributed by atoms with Gasteiger partial charge in [0.25, 0.3) is 0 Å². The van der Waals surface area contributed by atoms with Crippen molar-refractivity contribution in [1.82, 2.24) is 9.80 Å². The van der Waals surface area contributed by atoms with Gasteiger partial charge in [-0.1, -0.05) is 40.5 Å². The molecule has 0 aliphatic carbocycles. The Morgan fingerprint density at radius 2 is 1.55 bits per heavy atom. The summed E-state index contributed by atoms with van der Waals surface area (Å²) >= 11 is 0. The molecule has 1 aliphatic rings. The third-order valence-corrected chi connectivity index (χ3v) is 4.72. The van der Waals surface area contributed by atoms with Crippen LogP contribution in [-0.4, -0.2) is 59.5 Å². The summed E-state index contributed by atoms with van der Waals surface area (Å²) in [6.45, 7) is 12.2. The lowest BCUT2D eigenvalue weighted by molar-refractivity contribution is -0.149. The second-order valence-electron chi connectivity index (χ2n) is 6.97. The van der Waals surface area contributed by atoms with Crippen molar-refractivity contribution in [2.75, 3.05) is 32.7 Å². The molecule has 1 fully saturated rings. The van der Waals surface area contributed by atoms with Gasteiger partial charge in [-0.05, 0) is 18.9 Å². The Kier molecular flexibility index (Phi) is 7.87. The van der Waals surface area contributed by atoms with Gasteiger partial charge in [-0.15, -0.1) is 0 Å². The van der Waals surface area contributed by atoms with Crippen molar-refractivity contribution in [2.24, 2.45) is 17.8 Å². The molecule has 1 rings (SSSR count). The number of rotatable bonds is 8. The molecule has 1 amide bonds. The average Bonchev–Trinajstić information content (AvgIpc) is 2.49. The van der Waals surface area contributed by atoms with Crippen LogP contribution >= 0.6 is 0 Å². The predicted molar refractivity (Wildman–Crippen MR) is 87.7 cm³/mol. The molecule has 22 heavy (non-hydrogen) atoms. The minimum atomic E-state index is -0.898. The zero-order valence-electron chi connectivity index (χ0n) is 14.5. The summed E-state index contributed by atoms with van der Waals surface area (Å²) in [5, 5.41) is 9.02. The number of carbonyl (C=O) groups excluding carboxylic acids is 1. The van der Waals surface area contributed by atoms with Crippen LogP contribution in [0, 0.1) is 17.8 Å². The third-order valence-electron chi connectivity index (χ3n) is 4.72. The van der Waals surface area contributed by atoms with Gasteiger partial charge in [-0.2, -0.15) is 0 Å².